The Hall–Kier alpha value is -0.725. The molecule has 1 rings (SSSR count). The maximum atomic E-state index is 11.2. The van der Waals surface area contributed by atoms with Gasteiger partial charge in [-0.15, -0.1) is 0 Å². The molecule has 0 spiro atoms. The van der Waals surface area contributed by atoms with Gasteiger partial charge in [0.05, 0.1) is 7.85 Å². The molecular weight excluding hydrogens is 221 g/mol. The molecule has 1 atom stereocenters. The maximum Gasteiger partial charge on any atom is 0.223 e. The summed E-state index contributed by atoms with van der Waals surface area (Å²) in [5.41, 5.74) is 2.44. The van der Waals surface area contributed by atoms with Gasteiger partial charge in [0.15, 0.2) is 0 Å². The summed E-state index contributed by atoms with van der Waals surface area (Å²) in [5.74, 6) is 0.377. The van der Waals surface area contributed by atoms with Crippen LogP contribution in [-0.2, 0) is 4.79 Å². The second kappa shape index (κ2) is 11.4. The van der Waals surface area contributed by atoms with Crippen LogP contribution in [0, 0.1) is 0 Å². The molecule has 0 N–H and O–H groups in total. The standard InChI is InChI=1S/C11H18BNO.2C2H6/c1-8-7-10(12)5-4-6-11(8)13(3)9(2)14;2*1-2/h10H,4-7H2,1-3H3;2*1-2H3. The van der Waals surface area contributed by atoms with Gasteiger partial charge in [0, 0.05) is 19.7 Å². The molecule has 1 aliphatic carbocycles. The van der Waals surface area contributed by atoms with Gasteiger partial charge >= 0.3 is 0 Å². The lowest BCUT2D eigenvalue weighted by Gasteiger charge is -2.20. The molecule has 1 aliphatic rings. The number of carbonyl (C=O) groups excluding carboxylic acids is 1. The van der Waals surface area contributed by atoms with Crippen LogP contribution in [0.2, 0.25) is 5.82 Å². The fourth-order valence-corrected chi connectivity index (χ4v) is 2.00. The Bertz CT molecular complexity index is 261. The zero-order valence-corrected chi connectivity index (χ0v) is 13.3. The summed E-state index contributed by atoms with van der Waals surface area (Å²) in [7, 11) is 7.77. The predicted molar refractivity (Wildman–Crippen MR) is 81.8 cm³/mol. The lowest BCUT2D eigenvalue weighted by Crippen LogP contribution is -2.23. The predicted octanol–water partition coefficient (Wildman–Crippen LogP) is 4.32. The van der Waals surface area contributed by atoms with Crippen LogP contribution >= 0.6 is 0 Å². The molecule has 2 nitrogen and oxygen atoms in total. The Morgan fingerprint density at radius 1 is 1.28 bits per heavy atom. The molecule has 2 radical (unpaired) electrons. The third-order valence-electron chi connectivity index (χ3n) is 2.93. The molecule has 3 heteroatoms. The van der Waals surface area contributed by atoms with Crippen molar-refractivity contribution in [2.45, 2.75) is 73.0 Å². The Morgan fingerprint density at radius 3 is 2.22 bits per heavy atom. The van der Waals surface area contributed by atoms with Gasteiger partial charge in [-0.1, -0.05) is 45.5 Å². The molecule has 0 heterocycles. The van der Waals surface area contributed by atoms with Crippen molar-refractivity contribution in [1.29, 1.82) is 0 Å². The number of rotatable bonds is 1. The van der Waals surface area contributed by atoms with Gasteiger partial charge in [-0.05, 0) is 26.2 Å². The van der Waals surface area contributed by atoms with Crippen molar-refractivity contribution in [3.8, 4) is 0 Å². The minimum atomic E-state index is 0.106. The highest BCUT2D eigenvalue weighted by molar-refractivity contribution is 6.11. The van der Waals surface area contributed by atoms with Crippen LogP contribution in [0.1, 0.15) is 67.2 Å². The second-order valence-corrected chi connectivity index (χ2v) is 4.16. The Labute approximate surface area is 115 Å². The average molecular weight is 251 g/mol. The van der Waals surface area contributed by atoms with Crippen LogP contribution < -0.4 is 0 Å². The molecule has 0 aromatic carbocycles. The van der Waals surface area contributed by atoms with E-state index in [1.54, 1.807) is 11.8 Å². The molecule has 0 bridgehead atoms. The smallest absolute Gasteiger partial charge is 0.223 e. The van der Waals surface area contributed by atoms with Crippen molar-refractivity contribution < 1.29 is 4.79 Å². The first-order valence-corrected chi connectivity index (χ1v) is 7.21. The van der Waals surface area contributed by atoms with Crippen LogP contribution in [0.15, 0.2) is 11.3 Å². The van der Waals surface area contributed by atoms with E-state index < -0.39 is 0 Å². The van der Waals surface area contributed by atoms with E-state index in [1.165, 1.54) is 11.3 Å². The Morgan fingerprint density at radius 2 is 1.78 bits per heavy atom. The molecule has 1 unspecified atom stereocenters. The second-order valence-electron chi connectivity index (χ2n) is 4.16. The van der Waals surface area contributed by atoms with Crippen molar-refractivity contribution in [2.24, 2.45) is 0 Å². The maximum absolute atomic E-state index is 11.2. The first kappa shape index (κ1) is 19.6. The van der Waals surface area contributed by atoms with Crippen molar-refractivity contribution in [1.82, 2.24) is 4.90 Å². The highest BCUT2D eigenvalue weighted by Crippen LogP contribution is 2.30. The number of hydrogen-bond donors (Lipinski definition) is 0. The fourth-order valence-electron chi connectivity index (χ4n) is 2.00. The zero-order chi connectivity index (χ0) is 14.7. The summed E-state index contributed by atoms with van der Waals surface area (Å²) in [4.78, 5) is 13.0. The van der Waals surface area contributed by atoms with Gasteiger partial charge in [-0.2, -0.15) is 0 Å². The minimum Gasteiger partial charge on any atom is -0.320 e. The van der Waals surface area contributed by atoms with Gasteiger partial charge < -0.3 is 4.90 Å². The third-order valence-corrected chi connectivity index (χ3v) is 2.93. The van der Waals surface area contributed by atoms with E-state index in [2.05, 4.69) is 6.92 Å². The van der Waals surface area contributed by atoms with Crippen molar-refractivity contribution in [2.75, 3.05) is 7.05 Å². The average Bonchev–Trinajstić information content (AvgIpc) is 2.54. The zero-order valence-electron chi connectivity index (χ0n) is 13.3. The quantitative estimate of drug-likeness (QED) is 0.635. The van der Waals surface area contributed by atoms with Gasteiger partial charge in [0.2, 0.25) is 5.91 Å². The van der Waals surface area contributed by atoms with Crippen LogP contribution in [0.25, 0.3) is 0 Å². The lowest BCUT2D eigenvalue weighted by molar-refractivity contribution is -0.126. The van der Waals surface area contributed by atoms with Crippen LogP contribution in [-0.4, -0.2) is 25.7 Å². The topological polar surface area (TPSA) is 20.3 Å². The van der Waals surface area contributed by atoms with Crippen molar-refractivity contribution in [3.05, 3.63) is 11.3 Å². The monoisotopic (exact) mass is 251 g/mol. The van der Waals surface area contributed by atoms with Crippen LogP contribution in [0.5, 0.6) is 0 Å². The number of hydrogen-bond acceptors (Lipinski definition) is 1. The van der Waals surface area contributed by atoms with Crippen LogP contribution in [0.3, 0.4) is 0 Å². The highest BCUT2D eigenvalue weighted by Gasteiger charge is 2.17. The summed E-state index contributed by atoms with van der Waals surface area (Å²) >= 11 is 0. The molecule has 0 aliphatic heterocycles. The highest BCUT2D eigenvalue weighted by atomic mass is 16.2. The Balaban J connectivity index is 0. The van der Waals surface area contributed by atoms with E-state index in [0.29, 0.717) is 0 Å². The molecule has 0 saturated carbocycles. The van der Waals surface area contributed by atoms with Crippen molar-refractivity contribution in [3.63, 3.8) is 0 Å². The summed E-state index contributed by atoms with van der Waals surface area (Å²) in [6.45, 7) is 11.7. The first-order chi connectivity index (χ1) is 8.52. The fraction of sp³-hybridized carbons (Fsp3) is 0.800. The summed E-state index contributed by atoms with van der Waals surface area (Å²) in [5, 5.41) is 0. The number of allylic oxidation sites excluding steroid dienone is 2. The Kier molecular flexibility index (Phi) is 12.4. The molecule has 0 fully saturated rings. The molecular formula is C15H30BNO. The van der Waals surface area contributed by atoms with E-state index in [0.717, 1.165) is 25.7 Å². The summed E-state index contributed by atoms with van der Waals surface area (Å²) < 4.78 is 0. The normalized spacial score (nSPS) is 18.7. The third kappa shape index (κ3) is 6.88. The minimum absolute atomic E-state index is 0.106. The summed E-state index contributed by atoms with van der Waals surface area (Å²) in [6.07, 6.45) is 4.06. The lowest BCUT2D eigenvalue weighted by atomic mass is 9.80. The molecule has 104 valence electrons. The molecule has 1 amide bonds. The van der Waals surface area contributed by atoms with E-state index in [1.807, 2.05) is 34.7 Å². The largest absolute Gasteiger partial charge is 0.320 e. The molecule has 0 saturated heterocycles. The first-order valence-electron chi connectivity index (χ1n) is 7.21. The van der Waals surface area contributed by atoms with E-state index in [9.17, 15) is 4.79 Å². The van der Waals surface area contributed by atoms with Crippen molar-refractivity contribution >= 4 is 13.8 Å². The van der Waals surface area contributed by atoms with E-state index in [4.69, 9.17) is 7.85 Å². The number of amides is 1. The van der Waals surface area contributed by atoms with Crippen LogP contribution in [0.4, 0.5) is 0 Å². The van der Waals surface area contributed by atoms with Gasteiger partial charge in [0.1, 0.15) is 0 Å². The number of carbonyl (C=O) groups is 1. The molecule has 0 aromatic rings. The summed E-state index contributed by atoms with van der Waals surface area (Å²) in [6, 6.07) is 0. The van der Waals surface area contributed by atoms with Gasteiger partial charge in [-0.3, -0.25) is 4.79 Å². The SMILES string of the molecule is CC.CC.[B]C1CCCC(N(C)C(C)=O)=C(C)C1. The van der Waals surface area contributed by atoms with Gasteiger partial charge in [-0.25, -0.2) is 0 Å². The van der Waals surface area contributed by atoms with Gasteiger partial charge in [0.25, 0.3) is 0 Å². The molecule has 18 heavy (non-hydrogen) atoms. The van der Waals surface area contributed by atoms with E-state index >= 15 is 0 Å². The molecule has 0 aromatic heterocycles. The van der Waals surface area contributed by atoms with E-state index in [-0.39, 0.29) is 11.7 Å². The number of nitrogens with zero attached hydrogens (tertiary/aromatic N) is 1.